The predicted octanol–water partition coefficient (Wildman–Crippen LogP) is 2.89. The minimum atomic E-state index is -0.342. The van der Waals surface area contributed by atoms with Gasteiger partial charge >= 0.3 is 6.03 Å². The molecule has 0 spiro atoms. The first-order chi connectivity index (χ1) is 12.0. The number of carbonyl (C=O) groups excluding carboxylic acids is 1. The highest BCUT2D eigenvalue weighted by atomic mass is 35.5. The zero-order chi connectivity index (χ0) is 17.5. The van der Waals surface area contributed by atoms with Gasteiger partial charge in [-0.2, -0.15) is 0 Å². The number of piperazine rings is 1. The van der Waals surface area contributed by atoms with Crippen molar-refractivity contribution in [2.75, 3.05) is 26.2 Å². The third-order valence-corrected chi connectivity index (χ3v) is 5.89. The van der Waals surface area contributed by atoms with Crippen molar-refractivity contribution in [2.45, 2.75) is 43.6 Å². The van der Waals surface area contributed by atoms with Crippen molar-refractivity contribution in [3.05, 3.63) is 34.3 Å². The predicted molar refractivity (Wildman–Crippen MR) is 99.9 cm³/mol. The molecule has 2 amide bonds. The summed E-state index contributed by atoms with van der Waals surface area (Å²) in [7, 11) is 0. The molecule has 0 bridgehead atoms. The van der Waals surface area contributed by atoms with Crippen molar-refractivity contribution in [1.29, 1.82) is 0 Å². The van der Waals surface area contributed by atoms with Crippen molar-refractivity contribution in [1.82, 2.24) is 15.5 Å². The number of amides is 2. The molecular weight excluding hydrogens is 334 g/mol. The quantitative estimate of drug-likeness (QED) is 0.799. The van der Waals surface area contributed by atoms with Crippen LogP contribution in [0.15, 0.2) is 18.2 Å². The topological polar surface area (TPSA) is 44.4 Å². The lowest BCUT2D eigenvalue weighted by Gasteiger charge is -2.28. The second-order valence-corrected chi connectivity index (χ2v) is 8.16. The average Bonchev–Trinajstić information content (AvgIpc) is 3.54. The van der Waals surface area contributed by atoms with Gasteiger partial charge in [0.05, 0.1) is 0 Å². The number of hydrogen-bond acceptors (Lipinski definition) is 2. The van der Waals surface area contributed by atoms with Crippen LogP contribution in [-0.2, 0) is 5.41 Å². The number of carbonyl (C=O) groups is 1. The van der Waals surface area contributed by atoms with E-state index in [4.69, 9.17) is 11.6 Å². The van der Waals surface area contributed by atoms with Gasteiger partial charge in [0.15, 0.2) is 0 Å². The van der Waals surface area contributed by atoms with Gasteiger partial charge < -0.3 is 15.5 Å². The molecule has 5 heteroatoms. The Balaban J connectivity index is 1.46. The molecular formula is C20H24ClN3O. The molecule has 4 nitrogen and oxygen atoms in total. The fraction of sp³-hybridized carbons (Fsp3) is 0.550. The van der Waals surface area contributed by atoms with Crippen molar-refractivity contribution >= 4 is 17.6 Å². The third-order valence-electron chi connectivity index (χ3n) is 5.56. The second-order valence-electron chi connectivity index (χ2n) is 7.75. The number of halogens is 1. The highest BCUT2D eigenvalue weighted by molar-refractivity contribution is 6.31. The van der Waals surface area contributed by atoms with Crippen molar-refractivity contribution < 1.29 is 4.79 Å². The minimum absolute atomic E-state index is 0.00980. The molecule has 3 fully saturated rings. The molecule has 1 aromatic carbocycles. The first-order valence-electron chi connectivity index (χ1n) is 9.11. The smallest absolute Gasteiger partial charge is 0.318 e. The normalized spacial score (nSPS) is 22.6. The SMILES string of the molecule is CC1(c2cc(C#CC3(NC(=O)N4CCNCC4)CC3)ccc2Cl)CC1. The first kappa shape index (κ1) is 16.8. The lowest BCUT2D eigenvalue weighted by atomic mass is 9.96. The fourth-order valence-electron chi connectivity index (χ4n) is 3.27. The molecule has 0 radical (unpaired) electrons. The van der Waals surface area contributed by atoms with Crippen molar-refractivity contribution in [3.8, 4) is 11.8 Å². The van der Waals surface area contributed by atoms with E-state index in [-0.39, 0.29) is 17.0 Å². The van der Waals surface area contributed by atoms with Crippen LogP contribution in [0.25, 0.3) is 0 Å². The van der Waals surface area contributed by atoms with E-state index >= 15 is 0 Å². The van der Waals surface area contributed by atoms with E-state index < -0.39 is 0 Å². The summed E-state index contributed by atoms with van der Waals surface area (Å²) in [6, 6.07) is 6.05. The standard InChI is InChI=1S/C20H24ClN3O/c1-19(6-7-19)16-14-15(2-3-17(16)21)4-5-20(8-9-20)23-18(25)24-12-10-22-11-13-24/h2-3,14,22H,6-13H2,1H3,(H,23,25). The highest BCUT2D eigenvalue weighted by Crippen LogP contribution is 2.50. The molecule has 4 rings (SSSR count). The van der Waals surface area contributed by atoms with Gasteiger partial charge in [-0.05, 0) is 54.9 Å². The molecule has 2 N–H and O–H groups in total. The van der Waals surface area contributed by atoms with Crippen LogP contribution < -0.4 is 10.6 Å². The number of rotatable bonds is 2. The van der Waals surface area contributed by atoms with Gasteiger partial charge in [-0.25, -0.2) is 4.79 Å². The summed E-state index contributed by atoms with van der Waals surface area (Å²) in [6.07, 6.45) is 4.23. The molecule has 25 heavy (non-hydrogen) atoms. The number of nitrogens with one attached hydrogen (secondary N) is 2. The van der Waals surface area contributed by atoms with Crippen LogP contribution >= 0.6 is 11.6 Å². The summed E-state index contributed by atoms with van der Waals surface area (Å²) in [5.41, 5.74) is 2.07. The molecule has 0 unspecified atom stereocenters. The van der Waals surface area contributed by atoms with Crippen molar-refractivity contribution in [2.24, 2.45) is 0 Å². The van der Waals surface area contributed by atoms with Gasteiger partial charge in [0.2, 0.25) is 0 Å². The minimum Gasteiger partial charge on any atom is -0.322 e. The van der Waals surface area contributed by atoms with Gasteiger partial charge in [0.1, 0.15) is 5.54 Å². The second kappa shape index (κ2) is 6.23. The van der Waals surface area contributed by atoms with Crippen LogP contribution in [-0.4, -0.2) is 42.6 Å². The van der Waals surface area contributed by atoms with Crippen LogP contribution in [0.3, 0.4) is 0 Å². The van der Waals surface area contributed by atoms with Crippen LogP contribution in [0.1, 0.15) is 43.7 Å². The number of urea groups is 1. The van der Waals surface area contributed by atoms with Gasteiger partial charge in [-0.15, -0.1) is 0 Å². The van der Waals surface area contributed by atoms with E-state index in [1.54, 1.807) is 0 Å². The molecule has 1 heterocycles. The molecule has 1 aliphatic heterocycles. The van der Waals surface area contributed by atoms with E-state index in [0.717, 1.165) is 49.6 Å². The molecule has 1 aromatic rings. The summed E-state index contributed by atoms with van der Waals surface area (Å²) in [5.74, 6) is 6.58. The third kappa shape index (κ3) is 3.63. The number of benzene rings is 1. The van der Waals surface area contributed by atoms with E-state index in [1.807, 2.05) is 17.0 Å². The average molecular weight is 358 g/mol. The number of nitrogens with zero attached hydrogens (tertiary/aromatic N) is 1. The Morgan fingerprint density at radius 2 is 1.96 bits per heavy atom. The molecule has 0 atom stereocenters. The van der Waals surface area contributed by atoms with Crippen LogP contribution in [0, 0.1) is 11.8 Å². The van der Waals surface area contributed by atoms with Crippen molar-refractivity contribution in [3.63, 3.8) is 0 Å². The first-order valence-corrected chi connectivity index (χ1v) is 9.49. The largest absolute Gasteiger partial charge is 0.322 e. The highest BCUT2D eigenvalue weighted by Gasteiger charge is 2.44. The Morgan fingerprint density at radius 3 is 2.60 bits per heavy atom. The van der Waals surface area contributed by atoms with Crippen LogP contribution in [0.5, 0.6) is 0 Å². The summed E-state index contributed by atoms with van der Waals surface area (Å²) < 4.78 is 0. The summed E-state index contributed by atoms with van der Waals surface area (Å²) >= 11 is 6.36. The maximum atomic E-state index is 12.4. The Morgan fingerprint density at radius 1 is 1.24 bits per heavy atom. The summed E-state index contributed by atoms with van der Waals surface area (Å²) in [6.45, 7) is 5.49. The van der Waals surface area contributed by atoms with Gasteiger partial charge in [0.25, 0.3) is 0 Å². The number of hydrogen-bond donors (Lipinski definition) is 2. The lowest BCUT2D eigenvalue weighted by Crippen LogP contribution is -2.52. The lowest BCUT2D eigenvalue weighted by molar-refractivity contribution is 0.187. The maximum Gasteiger partial charge on any atom is 0.318 e. The Bertz CT molecular complexity index is 750. The van der Waals surface area contributed by atoms with Gasteiger partial charge in [-0.3, -0.25) is 0 Å². The van der Waals surface area contributed by atoms with E-state index in [0.29, 0.717) is 0 Å². The summed E-state index contributed by atoms with van der Waals surface area (Å²) in [4.78, 5) is 14.3. The Labute approximate surface area is 154 Å². The van der Waals surface area contributed by atoms with E-state index in [1.165, 1.54) is 18.4 Å². The Hall–Kier alpha value is -1.70. The molecule has 3 aliphatic rings. The molecule has 2 saturated carbocycles. The molecule has 1 saturated heterocycles. The van der Waals surface area contributed by atoms with E-state index in [2.05, 4.69) is 35.5 Å². The van der Waals surface area contributed by atoms with E-state index in [9.17, 15) is 4.79 Å². The van der Waals surface area contributed by atoms with Gasteiger partial charge in [-0.1, -0.05) is 30.4 Å². The monoisotopic (exact) mass is 357 g/mol. The van der Waals surface area contributed by atoms with Crippen LogP contribution in [0.2, 0.25) is 5.02 Å². The molecule has 132 valence electrons. The van der Waals surface area contributed by atoms with Gasteiger partial charge in [0, 0.05) is 36.8 Å². The maximum absolute atomic E-state index is 12.4. The zero-order valence-electron chi connectivity index (χ0n) is 14.6. The fourth-order valence-corrected chi connectivity index (χ4v) is 3.62. The summed E-state index contributed by atoms with van der Waals surface area (Å²) in [5, 5.41) is 7.23. The van der Waals surface area contributed by atoms with Crippen LogP contribution in [0.4, 0.5) is 4.79 Å². The zero-order valence-corrected chi connectivity index (χ0v) is 15.4. The molecule has 0 aromatic heterocycles. The Kier molecular flexibility index (Phi) is 4.17. The molecule has 2 aliphatic carbocycles.